The number of amides is 3. The standard InChI is InChI=1S/C37H44N6O8/c1-37(2,3)51-36(49)40-31(33(45)43-15-7-11-30(41-43)34(46)47)19-25-17-27(26-12-13-29-32(21-26)42(23-38-29)14-8-16-44)20-28(18-25)39-35(48)50-22-24-9-5-4-6-10-24/h4-6,9-10,12-13,17-18,20-21,23,30-31,41,44H,7-8,11,14-16,19,22H2,1-3H3,(H,39,48)(H,40,49)(H,46,47)/t30-,31-/m0/s1. The average Bonchev–Trinajstić information content (AvgIpc) is 3.51. The molecule has 51 heavy (non-hydrogen) atoms. The zero-order valence-electron chi connectivity index (χ0n) is 28.9. The van der Waals surface area contributed by atoms with Crippen molar-refractivity contribution >= 4 is 40.8 Å². The normalized spacial score (nSPS) is 15.2. The number of carboxylic acids is 1. The molecule has 0 unspecified atom stereocenters. The van der Waals surface area contributed by atoms with Crippen LogP contribution in [-0.4, -0.2) is 79.7 Å². The number of carboxylic acid groups (broad SMARTS) is 1. The Hall–Kier alpha value is -5.47. The van der Waals surface area contributed by atoms with Crippen molar-refractivity contribution in [2.75, 3.05) is 18.5 Å². The van der Waals surface area contributed by atoms with Crippen LogP contribution in [0.4, 0.5) is 15.3 Å². The number of aromatic nitrogens is 2. The van der Waals surface area contributed by atoms with E-state index in [4.69, 9.17) is 9.47 Å². The van der Waals surface area contributed by atoms with E-state index in [2.05, 4.69) is 21.0 Å². The maximum Gasteiger partial charge on any atom is 0.411 e. The summed E-state index contributed by atoms with van der Waals surface area (Å²) in [6, 6.07) is 18.2. The molecule has 1 fully saturated rings. The third-order valence-corrected chi connectivity index (χ3v) is 8.14. The number of alkyl carbamates (subject to hydrolysis) is 1. The van der Waals surface area contributed by atoms with Gasteiger partial charge < -0.3 is 29.6 Å². The fraction of sp³-hybridized carbons (Fsp3) is 0.378. The van der Waals surface area contributed by atoms with Crippen molar-refractivity contribution in [3.63, 3.8) is 0 Å². The summed E-state index contributed by atoms with van der Waals surface area (Å²) in [6.07, 6.45) is 1.57. The number of anilines is 1. The van der Waals surface area contributed by atoms with Crippen molar-refractivity contribution in [2.24, 2.45) is 0 Å². The SMILES string of the molecule is CC(C)(C)OC(=O)N[C@@H](Cc1cc(NC(=O)OCc2ccccc2)cc(-c2ccc3ncn(CCCO)c3c2)c1)C(=O)N1CCC[C@@H](C(=O)O)N1. The zero-order chi connectivity index (χ0) is 36.5. The molecule has 1 aliphatic rings. The predicted molar refractivity (Wildman–Crippen MR) is 189 cm³/mol. The van der Waals surface area contributed by atoms with E-state index in [1.54, 1.807) is 39.2 Å². The van der Waals surface area contributed by atoms with Gasteiger partial charge in [-0.2, -0.15) is 0 Å². The number of nitrogens with zero attached hydrogens (tertiary/aromatic N) is 3. The number of fused-ring (bicyclic) bond motifs is 1. The molecule has 2 heterocycles. The van der Waals surface area contributed by atoms with Gasteiger partial charge in [-0.15, -0.1) is 0 Å². The van der Waals surface area contributed by atoms with E-state index in [-0.39, 0.29) is 26.2 Å². The van der Waals surface area contributed by atoms with Crippen LogP contribution in [-0.2, 0) is 38.6 Å². The van der Waals surface area contributed by atoms with E-state index in [0.717, 1.165) is 22.2 Å². The van der Waals surface area contributed by atoms with Gasteiger partial charge in [-0.1, -0.05) is 42.5 Å². The number of nitrogens with one attached hydrogen (secondary N) is 3. The fourth-order valence-electron chi connectivity index (χ4n) is 5.78. The molecule has 14 heteroatoms. The summed E-state index contributed by atoms with van der Waals surface area (Å²) in [4.78, 5) is 56.1. The second-order valence-electron chi connectivity index (χ2n) is 13.4. The van der Waals surface area contributed by atoms with Gasteiger partial charge >= 0.3 is 18.2 Å². The van der Waals surface area contributed by atoms with Crippen LogP contribution in [0.2, 0.25) is 0 Å². The molecule has 2 atom stereocenters. The van der Waals surface area contributed by atoms with Gasteiger partial charge in [0.2, 0.25) is 0 Å². The van der Waals surface area contributed by atoms with Gasteiger partial charge in [0.05, 0.1) is 17.4 Å². The summed E-state index contributed by atoms with van der Waals surface area (Å²) in [5, 5.41) is 25.7. The second kappa shape index (κ2) is 16.5. The highest BCUT2D eigenvalue weighted by atomic mass is 16.6. The molecule has 4 aromatic rings. The van der Waals surface area contributed by atoms with Crippen LogP contribution in [0.15, 0.2) is 73.1 Å². The Labute approximate surface area is 295 Å². The lowest BCUT2D eigenvalue weighted by Gasteiger charge is -2.34. The molecule has 0 radical (unpaired) electrons. The summed E-state index contributed by atoms with van der Waals surface area (Å²) >= 11 is 0. The molecule has 1 aliphatic heterocycles. The summed E-state index contributed by atoms with van der Waals surface area (Å²) < 4.78 is 12.9. The van der Waals surface area contributed by atoms with Gasteiger partial charge in [0, 0.05) is 31.8 Å². The molecule has 0 saturated carbocycles. The van der Waals surface area contributed by atoms with E-state index in [1.165, 1.54) is 5.01 Å². The number of imidazole rings is 1. The van der Waals surface area contributed by atoms with E-state index in [9.17, 15) is 29.4 Å². The maximum atomic E-state index is 13.9. The molecule has 3 amide bonds. The highest BCUT2D eigenvalue weighted by Crippen LogP contribution is 2.29. The molecule has 5 rings (SSSR count). The van der Waals surface area contributed by atoms with Crippen molar-refractivity contribution in [1.29, 1.82) is 0 Å². The van der Waals surface area contributed by atoms with Gasteiger partial charge in [0.1, 0.15) is 24.3 Å². The Morgan fingerprint density at radius 3 is 2.51 bits per heavy atom. The first kappa shape index (κ1) is 36.8. The first-order valence-electron chi connectivity index (χ1n) is 16.9. The lowest BCUT2D eigenvalue weighted by molar-refractivity contribution is -0.147. The van der Waals surface area contributed by atoms with Crippen LogP contribution in [0.3, 0.4) is 0 Å². The van der Waals surface area contributed by atoms with Gasteiger partial charge in [0.25, 0.3) is 5.91 Å². The van der Waals surface area contributed by atoms with Crippen LogP contribution in [0.25, 0.3) is 22.2 Å². The monoisotopic (exact) mass is 700 g/mol. The zero-order valence-corrected chi connectivity index (χ0v) is 28.9. The largest absolute Gasteiger partial charge is 0.480 e. The molecule has 1 saturated heterocycles. The smallest absolute Gasteiger partial charge is 0.411 e. The van der Waals surface area contributed by atoms with Crippen LogP contribution in [0, 0.1) is 0 Å². The second-order valence-corrected chi connectivity index (χ2v) is 13.4. The van der Waals surface area contributed by atoms with Gasteiger partial charge in [-0.05, 0) is 86.6 Å². The van der Waals surface area contributed by atoms with Crippen molar-refractivity contribution in [3.05, 3.63) is 84.2 Å². The summed E-state index contributed by atoms with van der Waals surface area (Å²) in [5.74, 6) is -1.62. The van der Waals surface area contributed by atoms with E-state index < -0.39 is 41.7 Å². The van der Waals surface area contributed by atoms with E-state index in [0.29, 0.717) is 42.6 Å². The molecular formula is C37H44N6O8. The molecule has 5 N–H and O–H groups in total. The number of ether oxygens (including phenoxy) is 2. The Balaban J connectivity index is 1.48. The minimum Gasteiger partial charge on any atom is -0.480 e. The minimum absolute atomic E-state index is 0.0216. The summed E-state index contributed by atoms with van der Waals surface area (Å²) in [7, 11) is 0. The number of hydrogen-bond acceptors (Lipinski definition) is 9. The molecule has 0 spiro atoms. The van der Waals surface area contributed by atoms with E-state index in [1.807, 2.05) is 59.2 Å². The molecule has 3 aromatic carbocycles. The Kier molecular flexibility index (Phi) is 11.9. The average molecular weight is 701 g/mol. The van der Waals surface area contributed by atoms with Crippen LogP contribution in [0.1, 0.15) is 51.2 Å². The fourth-order valence-corrected chi connectivity index (χ4v) is 5.78. The highest BCUT2D eigenvalue weighted by Gasteiger charge is 2.33. The van der Waals surface area contributed by atoms with E-state index >= 15 is 0 Å². The summed E-state index contributed by atoms with van der Waals surface area (Å²) in [5.41, 5.74) is 6.85. The van der Waals surface area contributed by atoms with Crippen molar-refractivity contribution in [3.8, 4) is 11.1 Å². The third-order valence-electron chi connectivity index (χ3n) is 8.14. The van der Waals surface area contributed by atoms with Gasteiger partial charge in [0.15, 0.2) is 0 Å². The number of aryl methyl sites for hydroxylation is 1. The van der Waals surface area contributed by atoms with Crippen LogP contribution in [0.5, 0.6) is 0 Å². The minimum atomic E-state index is -1.16. The van der Waals surface area contributed by atoms with Crippen molar-refractivity contribution in [2.45, 2.75) is 77.3 Å². The van der Waals surface area contributed by atoms with Gasteiger partial charge in [-0.25, -0.2) is 20.0 Å². The first-order chi connectivity index (χ1) is 24.4. The molecular weight excluding hydrogens is 656 g/mol. The highest BCUT2D eigenvalue weighted by molar-refractivity contribution is 5.89. The van der Waals surface area contributed by atoms with Crippen molar-refractivity contribution < 1.29 is 38.9 Å². The predicted octanol–water partition coefficient (Wildman–Crippen LogP) is 4.85. The lowest BCUT2D eigenvalue weighted by atomic mass is 9.97. The van der Waals surface area contributed by atoms with Crippen molar-refractivity contribution in [1.82, 2.24) is 25.3 Å². The number of aliphatic carboxylic acids is 1. The Bertz CT molecular complexity index is 1850. The quantitative estimate of drug-likeness (QED) is 0.137. The Morgan fingerprint density at radius 1 is 1.00 bits per heavy atom. The number of rotatable bonds is 12. The number of benzene rings is 3. The van der Waals surface area contributed by atoms with Crippen LogP contribution < -0.4 is 16.1 Å². The molecule has 1 aromatic heterocycles. The first-order valence-corrected chi connectivity index (χ1v) is 16.9. The van der Waals surface area contributed by atoms with Crippen LogP contribution >= 0.6 is 0 Å². The Morgan fingerprint density at radius 2 is 1.78 bits per heavy atom. The topological polar surface area (TPSA) is 184 Å². The maximum absolute atomic E-state index is 13.9. The number of aliphatic hydroxyl groups is 1. The number of carbonyl (C=O) groups excluding carboxylic acids is 3. The summed E-state index contributed by atoms with van der Waals surface area (Å²) in [6.45, 7) is 6.04. The van der Waals surface area contributed by atoms with Gasteiger partial charge in [-0.3, -0.25) is 19.9 Å². The molecule has 0 aliphatic carbocycles. The number of carbonyl (C=O) groups is 4. The molecule has 270 valence electrons. The number of hydrogen-bond donors (Lipinski definition) is 5. The number of aliphatic hydroxyl groups excluding tert-OH is 1. The third kappa shape index (κ3) is 10.3. The molecule has 14 nitrogen and oxygen atoms in total. The number of hydrazine groups is 1. The lowest BCUT2D eigenvalue weighted by Crippen LogP contribution is -2.60. The molecule has 0 bridgehead atoms.